The van der Waals surface area contributed by atoms with Crippen LogP contribution in [0.2, 0.25) is 0 Å². The minimum absolute atomic E-state index is 0.563. The first-order valence-electron chi connectivity index (χ1n) is 7.84. The van der Waals surface area contributed by atoms with E-state index in [0.29, 0.717) is 6.04 Å². The van der Waals surface area contributed by atoms with Gasteiger partial charge in [0.2, 0.25) is 0 Å². The lowest BCUT2D eigenvalue weighted by atomic mass is 10.1. The van der Waals surface area contributed by atoms with Gasteiger partial charge in [0.1, 0.15) is 23.1 Å². The Balaban J connectivity index is 1.89. The number of aryl methyl sites for hydroxylation is 1. The minimum atomic E-state index is 0.563. The van der Waals surface area contributed by atoms with Crippen LogP contribution < -0.4 is 10.5 Å². The quantitative estimate of drug-likeness (QED) is 0.878. The Hall–Kier alpha value is -1.97. The summed E-state index contributed by atoms with van der Waals surface area (Å²) in [5.41, 5.74) is 8.30. The molecule has 0 atom stereocenters. The van der Waals surface area contributed by atoms with Crippen LogP contribution in [0.4, 0.5) is 5.82 Å². The third-order valence-electron chi connectivity index (χ3n) is 3.85. The van der Waals surface area contributed by atoms with E-state index in [1.807, 2.05) is 24.3 Å². The van der Waals surface area contributed by atoms with Gasteiger partial charge in [-0.25, -0.2) is 4.98 Å². The minimum Gasteiger partial charge on any atom is -0.494 e. The monoisotopic (exact) mass is 285 g/mol. The van der Waals surface area contributed by atoms with Crippen molar-refractivity contribution in [3.63, 3.8) is 0 Å². The van der Waals surface area contributed by atoms with Crippen molar-refractivity contribution in [2.45, 2.75) is 45.6 Å². The topological polar surface area (TPSA) is 53.1 Å². The van der Waals surface area contributed by atoms with Crippen molar-refractivity contribution in [2.24, 2.45) is 0 Å². The predicted molar refractivity (Wildman–Crippen MR) is 85.5 cm³/mol. The molecule has 1 aliphatic rings. The van der Waals surface area contributed by atoms with E-state index in [0.717, 1.165) is 48.1 Å². The SMILES string of the molecule is CCCOc1ccc(-c2nc(CC)n(C3CC3)c2N)cc1. The van der Waals surface area contributed by atoms with Gasteiger partial charge in [-0.05, 0) is 43.5 Å². The number of rotatable bonds is 6. The molecule has 2 aromatic rings. The van der Waals surface area contributed by atoms with Crippen LogP contribution >= 0.6 is 0 Å². The summed E-state index contributed by atoms with van der Waals surface area (Å²) in [5.74, 6) is 2.80. The van der Waals surface area contributed by atoms with Crippen LogP contribution in [0.3, 0.4) is 0 Å². The maximum absolute atomic E-state index is 6.34. The van der Waals surface area contributed by atoms with E-state index >= 15 is 0 Å². The van der Waals surface area contributed by atoms with Crippen LogP contribution in [0.25, 0.3) is 11.3 Å². The van der Waals surface area contributed by atoms with E-state index in [4.69, 9.17) is 15.5 Å². The maximum atomic E-state index is 6.34. The summed E-state index contributed by atoms with van der Waals surface area (Å²) in [4.78, 5) is 4.75. The molecule has 4 heteroatoms. The molecule has 112 valence electrons. The van der Waals surface area contributed by atoms with Crippen molar-refractivity contribution in [1.29, 1.82) is 0 Å². The Morgan fingerprint density at radius 1 is 1.24 bits per heavy atom. The average Bonchev–Trinajstić information content (AvgIpc) is 3.29. The molecule has 1 saturated carbocycles. The Kier molecular flexibility index (Phi) is 3.86. The van der Waals surface area contributed by atoms with E-state index in [9.17, 15) is 0 Å². The van der Waals surface area contributed by atoms with Crippen molar-refractivity contribution < 1.29 is 4.74 Å². The molecule has 0 amide bonds. The largest absolute Gasteiger partial charge is 0.494 e. The number of benzene rings is 1. The Morgan fingerprint density at radius 3 is 2.52 bits per heavy atom. The van der Waals surface area contributed by atoms with Gasteiger partial charge in [0.05, 0.1) is 6.61 Å². The number of hydrogen-bond acceptors (Lipinski definition) is 3. The molecule has 0 bridgehead atoms. The van der Waals surface area contributed by atoms with Gasteiger partial charge in [0, 0.05) is 18.0 Å². The summed E-state index contributed by atoms with van der Waals surface area (Å²) in [6.07, 6.45) is 4.37. The molecule has 1 aromatic carbocycles. The molecule has 1 fully saturated rings. The zero-order valence-corrected chi connectivity index (χ0v) is 12.8. The highest BCUT2D eigenvalue weighted by molar-refractivity contribution is 5.71. The lowest BCUT2D eigenvalue weighted by Crippen LogP contribution is -2.04. The molecule has 1 aliphatic carbocycles. The molecule has 4 nitrogen and oxygen atoms in total. The van der Waals surface area contributed by atoms with E-state index < -0.39 is 0 Å². The summed E-state index contributed by atoms with van der Waals surface area (Å²) >= 11 is 0. The van der Waals surface area contributed by atoms with E-state index in [1.165, 1.54) is 12.8 Å². The molecule has 21 heavy (non-hydrogen) atoms. The van der Waals surface area contributed by atoms with Crippen molar-refractivity contribution in [2.75, 3.05) is 12.3 Å². The molecular formula is C17H23N3O. The van der Waals surface area contributed by atoms with Gasteiger partial charge >= 0.3 is 0 Å². The highest BCUT2D eigenvalue weighted by Crippen LogP contribution is 2.41. The second-order valence-corrected chi connectivity index (χ2v) is 5.59. The highest BCUT2D eigenvalue weighted by atomic mass is 16.5. The molecule has 3 rings (SSSR count). The average molecular weight is 285 g/mol. The van der Waals surface area contributed by atoms with Crippen molar-refractivity contribution in [3.8, 4) is 17.0 Å². The van der Waals surface area contributed by atoms with Crippen molar-refractivity contribution >= 4 is 5.82 Å². The molecule has 0 saturated heterocycles. The van der Waals surface area contributed by atoms with Gasteiger partial charge in [0.15, 0.2) is 0 Å². The van der Waals surface area contributed by atoms with Crippen molar-refractivity contribution in [3.05, 3.63) is 30.1 Å². The molecule has 1 aromatic heterocycles. The molecule has 0 spiro atoms. The highest BCUT2D eigenvalue weighted by Gasteiger charge is 2.29. The summed E-state index contributed by atoms with van der Waals surface area (Å²) < 4.78 is 7.84. The van der Waals surface area contributed by atoms with Crippen LogP contribution in [0.5, 0.6) is 5.75 Å². The van der Waals surface area contributed by atoms with Gasteiger partial charge in [-0.2, -0.15) is 0 Å². The summed E-state index contributed by atoms with van der Waals surface area (Å²) in [6.45, 7) is 4.98. The number of nitrogen functional groups attached to an aromatic ring is 1. The van der Waals surface area contributed by atoms with Gasteiger partial charge in [-0.15, -0.1) is 0 Å². The Morgan fingerprint density at radius 2 is 1.95 bits per heavy atom. The van der Waals surface area contributed by atoms with Crippen LogP contribution in [-0.4, -0.2) is 16.2 Å². The second kappa shape index (κ2) is 5.80. The third kappa shape index (κ3) is 2.75. The molecular weight excluding hydrogens is 262 g/mol. The van der Waals surface area contributed by atoms with E-state index in [1.54, 1.807) is 0 Å². The second-order valence-electron chi connectivity index (χ2n) is 5.59. The number of hydrogen-bond donors (Lipinski definition) is 1. The third-order valence-corrected chi connectivity index (χ3v) is 3.85. The predicted octanol–water partition coefficient (Wildman–Crippen LogP) is 3.82. The van der Waals surface area contributed by atoms with Gasteiger partial charge in [-0.1, -0.05) is 13.8 Å². The Bertz CT molecular complexity index is 612. The smallest absolute Gasteiger partial charge is 0.131 e. The van der Waals surface area contributed by atoms with Crippen LogP contribution in [0.1, 0.15) is 45.0 Å². The standard InChI is InChI=1S/C17H23N3O/c1-3-11-21-14-9-5-12(6-10-14)16-17(18)20(13-7-8-13)15(4-2)19-16/h5-6,9-10,13H,3-4,7-8,11,18H2,1-2H3. The fourth-order valence-corrected chi connectivity index (χ4v) is 2.62. The number of nitrogens with two attached hydrogens (primary N) is 1. The molecule has 1 heterocycles. The maximum Gasteiger partial charge on any atom is 0.131 e. The fraction of sp³-hybridized carbons (Fsp3) is 0.471. The van der Waals surface area contributed by atoms with E-state index in [2.05, 4.69) is 18.4 Å². The zero-order chi connectivity index (χ0) is 14.8. The first-order valence-corrected chi connectivity index (χ1v) is 7.84. The molecule has 2 N–H and O–H groups in total. The fourth-order valence-electron chi connectivity index (χ4n) is 2.62. The number of nitrogens with zero attached hydrogens (tertiary/aromatic N) is 2. The number of imidazole rings is 1. The van der Waals surface area contributed by atoms with Gasteiger partial charge in [-0.3, -0.25) is 0 Å². The van der Waals surface area contributed by atoms with Crippen LogP contribution in [0, 0.1) is 0 Å². The summed E-state index contributed by atoms with van der Waals surface area (Å²) in [7, 11) is 0. The van der Waals surface area contributed by atoms with Gasteiger partial charge < -0.3 is 15.0 Å². The normalized spacial score (nSPS) is 14.4. The molecule has 0 unspecified atom stereocenters. The number of aromatic nitrogens is 2. The lowest BCUT2D eigenvalue weighted by molar-refractivity contribution is 0.317. The summed E-state index contributed by atoms with van der Waals surface area (Å²) in [5, 5.41) is 0. The van der Waals surface area contributed by atoms with Crippen molar-refractivity contribution in [1.82, 2.24) is 9.55 Å². The zero-order valence-electron chi connectivity index (χ0n) is 12.8. The molecule has 0 aliphatic heterocycles. The first-order chi connectivity index (χ1) is 10.2. The summed E-state index contributed by atoms with van der Waals surface area (Å²) in [6, 6.07) is 8.63. The van der Waals surface area contributed by atoms with Gasteiger partial charge in [0.25, 0.3) is 0 Å². The number of ether oxygens (including phenoxy) is 1. The van der Waals surface area contributed by atoms with E-state index in [-0.39, 0.29) is 0 Å². The first kappa shape index (κ1) is 14.0. The molecule has 0 radical (unpaired) electrons. The Labute approximate surface area is 125 Å². The number of anilines is 1. The van der Waals surface area contributed by atoms with Crippen LogP contribution in [0.15, 0.2) is 24.3 Å². The van der Waals surface area contributed by atoms with Crippen LogP contribution in [-0.2, 0) is 6.42 Å². The lowest BCUT2D eigenvalue weighted by Gasteiger charge is -2.07.